The first-order chi connectivity index (χ1) is 10.0. The van der Waals surface area contributed by atoms with Crippen LogP contribution >= 0.6 is 0 Å². The zero-order chi connectivity index (χ0) is 15.4. The molecule has 0 amide bonds. The van der Waals surface area contributed by atoms with Crippen LogP contribution in [0.4, 0.5) is 17.5 Å². The highest BCUT2D eigenvalue weighted by atomic mass is 16.6. The first-order valence-electron chi connectivity index (χ1n) is 6.31. The van der Waals surface area contributed by atoms with Gasteiger partial charge in [0.1, 0.15) is 5.69 Å². The van der Waals surface area contributed by atoms with Crippen LogP contribution in [0.25, 0.3) is 0 Å². The largest absolute Gasteiger partial charge is 0.355 e. The van der Waals surface area contributed by atoms with Gasteiger partial charge in [0, 0.05) is 6.54 Å². The Balaban J connectivity index is 2.28. The van der Waals surface area contributed by atoms with E-state index in [1.807, 2.05) is 6.92 Å². The third kappa shape index (κ3) is 3.41. The van der Waals surface area contributed by atoms with Gasteiger partial charge in [0.15, 0.2) is 5.82 Å². The zero-order valence-electron chi connectivity index (χ0n) is 11.9. The minimum absolute atomic E-state index is 0.110. The average molecular weight is 293 g/mol. The highest BCUT2D eigenvalue weighted by Gasteiger charge is 2.22. The van der Waals surface area contributed by atoms with Crippen molar-refractivity contribution in [1.82, 2.24) is 20.1 Å². The van der Waals surface area contributed by atoms with E-state index in [-0.39, 0.29) is 23.7 Å². The molecule has 0 fully saturated rings. The zero-order valence-corrected chi connectivity index (χ0v) is 11.9. The van der Waals surface area contributed by atoms with Crippen LogP contribution in [0.1, 0.15) is 24.3 Å². The first-order valence-corrected chi connectivity index (χ1v) is 6.31. The van der Waals surface area contributed by atoms with E-state index in [0.717, 1.165) is 0 Å². The van der Waals surface area contributed by atoms with Crippen molar-refractivity contribution in [3.63, 3.8) is 0 Å². The van der Waals surface area contributed by atoms with Crippen molar-refractivity contribution in [1.29, 1.82) is 0 Å². The Hall–Kier alpha value is -2.78. The van der Waals surface area contributed by atoms with Crippen LogP contribution < -0.4 is 10.6 Å². The second-order valence-electron chi connectivity index (χ2n) is 4.21. The maximum atomic E-state index is 11.1. The molecule has 0 aromatic carbocycles. The highest BCUT2D eigenvalue weighted by Crippen LogP contribution is 2.26. The van der Waals surface area contributed by atoms with E-state index in [2.05, 4.69) is 30.7 Å². The molecule has 0 aliphatic rings. The monoisotopic (exact) mass is 293 g/mol. The molecule has 2 aromatic rings. The third-order valence-corrected chi connectivity index (χ3v) is 2.55. The summed E-state index contributed by atoms with van der Waals surface area (Å²) in [5.74, 6) is 1.25. The Morgan fingerprint density at radius 2 is 2.00 bits per heavy atom. The molecule has 0 saturated heterocycles. The van der Waals surface area contributed by atoms with Gasteiger partial charge in [-0.1, -0.05) is 5.16 Å². The Morgan fingerprint density at radius 1 is 1.24 bits per heavy atom. The van der Waals surface area contributed by atoms with Gasteiger partial charge in [0.05, 0.1) is 11.5 Å². The summed E-state index contributed by atoms with van der Waals surface area (Å²) < 4.78 is 4.94. The van der Waals surface area contributed by atoms with Gasteiger partial charge in [-0.05, 0) is 20.8 Å². The summed E-state index contributed by atoms with van der Waals surface area (Å²) >= 11 is 0. The Labute approximate surface area is 120 Å². The molecule has 2 rings (SSSR count). The maximum Gasteiger partial charge on any atom is 0.332 e. The molecular weight excluding hydrogens is 278 g/mol. The fourth-order valence-electron chi connectivity index (χ4n) is 1.72. The third-order valence-electron chi connectivity index (χ3n) is 2.55. The van der Waals surface area contributed by atoms with E-state index in [0.29, 0.717) is 24.2 Å². The molecule has 0 unspecified atom stereocenters. The lowest BCUT2D eigenvalue weighted by Gasteiger charge is -2.08. The number of rotatable bonds is 6. The lowest BCUT2D eigenvalue weighted by atomic mass is 10.3. The fourth-order valence-corrected chi connectivity index (χ4v) is 1.72. The molecule has 0 atom stereocenters. The number of nitrogens with zero attached hydrogens (tertiary/aromatic N) is 5. The van der Waals surface area contributed by atoms with Crippen molar-refractivity contribution in [2.24, 2.45) is 0 Å². The summed E-state index contributed by atoms with van der Waals surface area (Å²) in [6.45, 7) is 5.88. The van der Waals surface area contributed by atoms with Gasteiger partial charge >= 0.3 is 5.69 Å². The molecule has 0 aliphatic heterocycles. The number of hydrogen-bond donors (Lipinski definition) is 2. The van der Waals surface area contributed by atoms with E-state index in [4.69, 9.17) is 4.52 Å². The summed E-state index contributed by atoms with van der Waals surface area (Å²) in [7, 11) is 0. The SMILES string of the molecule is CCNc1nc(C)c([N+](=O)[O-])c(NCc2nc(C)no2)n1. The van der Waals surface area contributed by atoms with Gasteiger partial charge < -0.3 is 15.2 Å². The van der Waals surface area contributed by atoms with Crippen molar-refractivity contribution in [2.75, 3.05) is 17.2 Å². The van der Waals surface area contributed by atoms with Crippen LogP contribution in [-0.2, 0) is 6.54 Å². The Kier molecular flexibility index (Phi) is 4.26. The van der Waals surface area contributed by atoms with Gasteiger partial charge in [-0.2, -0.15) is 9.97 Å². The van der Waals surface area contributed by atoms with E-state index in [9.17, 15) is 10.1 Å². The molecule has 0 bridgehead atoms. The van der Waals surface area contributed by atoms with Crippen LogP contribution in [-0.4, -0.2) is 31.6 Å². The van der Waals surface area contributed by atoms with Crippen molar-refractivity contribution < 1.29 is 9.45 Å². The predicted molar refractivity (Wildman–Crippen MR) is 73.9 cm³/mol. The van der Waals surface area contributed by atoms with Gasteiger partial charge in [-0.15, -0.1) is 0 Å². The molecule has 0 aliphatic carbocycles. The number of aryl methyl sites for hydroxylation is 2. The van der Waals surface area contributed by atoms with Crippen molar-refractivity contribution in [3.05, 3.63) is 27.5 Å². The van der Waals surface area contributed by atoms with Gasteiger partial charge in [-0.25, -0.2) is 4.98 Å². The van der Waals surface area contributed by atoms with Crippen LogP contribution in [0, 0.1) is 24.0 Å². The molecule has 2 aromatic heterocycles. The summed E-state index contributed by atoms with van der Waals surface area (Å²) in [4.78, 5) is 22.8. The Bertz CT molecular complexity index is 655. The lowest BCUT2D eigenvalue weighted by molar-refractivity contribution is -0.385. The topological polar surface area (TPSA) is 132 Å². The van der Waals surface area contributed by atoms with Gasteiger partial charge in [0.25, 0.3) is 0 Å². The average Bonchev–Trinajstić information content (AvgIpc) is 2.81. The van der Waals surface area contributed by atoms with E-state index in [1.54, 1.807) is 13.8 Å². The van der Waals surface area contributed by atoms with E-state index >= 15 is 0 Å². The molecule has 0 spiro atoms. The maximum absolute atomic E-state index is 11.1. The second kappa shape index (κ2) is 6.11. The normalized spacial score (nSPS) is 10.4. The molecule has 112 valence electrons. The second-order valence-corrected chi connectivity index (χ2v) is 4.21. The number of anilines is 2. The van der Waals surface area contributed by atoms with Crippen LogP contribution in [0.15, 0.2) is 4.52 Å². The standard InChI is InChI=1S/C11H15N7O3/c1-4-12-11-14-6(2)9(18(19)20)10(16-11)13-5-8-15-7(3)17-21-8/h4-5H2,1-3H3,(H2,12,13,14,16). The molecule has 10 nitrogen and oxygen atoms in total. The van der Waals surface area contributed by atoms with E-state index in [1.165, 1.54) is 0 Å². The Morgan fingerprint density at radius 3 is 2.57 bits per heavy atom. The van der Waals surface area contributed by atoms with Gasteiger partial charge in [0.2, 0.25) is 17.7 Å². The van der Waals surface area contributed by atoms with Crippen LogP contribution in [0.3, 0.4) is 0 Å². The van der Waals surface area contributed by atoms with E-state index < -0.39 is 4.92 Å². The molecular formula is C11H15N7O3. The lowest BCUT2D eigenvalue weighted by Crippen LogP contribution is -2.11. The smallest absolute Gasteiger partial charge is 0.332 e. The number of nitro groups is 1. The van der Waals surface area contributed by atoms with Crippen LogP contribution in [0.5, 0.6) is 0 Å². The number of nitrogens with one attached hydrogen (secondary N) is 2. The summed E-state index contributed by atoms with van der Waals surface area (Å²) in [5.41, 5.74) is 0.100. The fraction of sp³-hybridized carbons (Fsp3) is 0.455. The summed E-state index contributed by atoms with van der Waals surface area (Å²) in [6, 6.07) is 0. The van der Waals surface area contributed by atoms with Crippen molar-refractivity contribution in [3.8, 4) is 0 Å². The number of aromatic nitrogens is 4. The molecule has 2 heterocycles. The highest BCUT2D eigenvalue weighted by molar-refractivity contribution is 5.60. The molecule has 21 heavy (non-hydrogen) atoms. The van der Waals surface area contributed by atoms with Crippen molar-refractivity contribution in [2.45, 2.75) is 27.3 Å². The molecule has 10 heteroatoms. The first kappa shape index (κ1) is 14.6. The molecule has 0 radical (unpaired) electrons. The summed E-state index contributed by atoms with van der Waals surface area (Å²) in [5, 5.41) is 20.5. The minimum atomic E-state index is -0.521. The quantitative estimate of drug-likeness (QED) is 0.599. The van der Waals surface area contributed by atoms with Crippen molar-refractivity contribution >= 4 is 17.5 Å². The predicted octanol–water partition coefficient (Wildman–Crippen LogP) is 1.43. The van der Waals surface area contributed by atoms with Gasteiger partial charge in [-0.3, -0.25) is 10.1 Å². The molecule has 2 N–H and O–H groups in total. The number of hydrogen-bond acceptors (Lipinski definition) is 9. The van der Waals surface area contributed by atoms with Crippen LogP contribution in [0.2, 0.25) is 0 Å². The summed E-state index contributed by atoms with van der Waals surface area (Å²) in [6.07, 6.45) is 0. The molecule has 0 saturated carbocycles. The minimum Gasteiger partial charge on any atom is -0.355 e.